The van der Waals surface area contributed by atoms with Gasteiger partial charge in [-0.3, -0.25) is 14.9 Å². The van der Waals surface area contributed by atoms with E-state index in [1.54, 1.807) is 22.9 Å². The van der Waals surface area contributed by atoms with Crippen LogP contribution in [0.4, 0.5) is 11.4 Å². The quantitative estimate of drug-likeness (QED) is 0.447. The highest BCUT2D eigenvalue weighted by Gasteiger charge is 2.27. The van der Waals surface area contributed by atoms with E-state index in [0.717, 1.165) is 11.1 Å². The summed E-state index contributed by atoms with van der Waals surface area (Å²) in [5, 5.41) is 13.9. The van der Waals surface area contributed by atoms with Crippen LogP contribution in [-0.4, -0.2) is 15.4 Å². The zero-order valence-electron chi connectivity index (χ0n) is 13.0. The number of hydrogen-bond acceptors (Lipinski definition) is 3. The van der Waals surface area contributed by atoms with E-state index in [1.807, 2.05) is 42.7 Å². The van der Waals surface area contributed by atoms with Crippen LogP contribution < -0.4 is 5.32 Å². The van der Waals surface area contributed by atoms with Gasteiger partial charge in [0.15, 0.2) is 0 Å². The Bertz CT molecular complexity index is 1020. The van der Waals surface area contributed by atoms with Crippen LogP contribution in [0.15, 0.2) is 67.0 Å². The third kappa shape index (κ3) is 2.59. The van der Waals surface area contributed by atoms with E-state index in [-0.39, 0.29) is 11.6 Å². The molecule has 6 nitrogen and oxygen atoms in total. The number of aromatic nitrogens is 1. The number of nitro groups is 1. The Labute approximate surface area is 143 Å². The van der Waals surface area contributed by atoms with Crippen molar-refractivity contribution >= 4 is 29.1 Å². The minimum atomic E-state index is -0.424. The van der Waals surface area contributed by atoms with Crippen molar-refractivity contribution in [3.63, 3.8) is 0 Å². The van der Waals surface area contributed by atoms with E-state index in [0.29, 0.717) is 16.8 Å². The molecule has 122 valence electrons. The molecule has 1 amide bonds. The van der Waals surface area contributed by atoms with Gasteiger partial charge in [-0.1, -0.05) is 24.3 Å². The van der Waals surface area contributed by atoms with Crippen LogP contribution in [0.25, 0.3) is 22.9 Å². The topological polar surface area (TPSA) is 77.2 Å². The molecule has 1 aromatic heterocycles. The number of carbonyl (C=O) groups excluding carboxylic acids is 1. The molecule has 0 atom stereocenters. The van der Waals surface area contributed by atoms with Crippen LogP contribution in [0, 0.1) is 10.1 Å². The second-order valence-electron chi connectivity index (χ2n) is 5.66. The number of anilines is 1. The molecule has 25 heavy (non-hydrogen) atoms. The normalized spacial score (nSPS) is 14.4. The number of hydrogen-bond donors (Lipinski definition) is 1. The third-order valence-corrected chi connectivity index (χ3v) is 4.10. The molecule has 6 heteroatoms. The van der Waals surface area contributed by atoms with Gasteiger partial charge in [0.25, 0.3) is 11.6 Å². The summed E-state index contributed by atoms with van der Waals surface area (Å²) in [6.45, 7) is 0. The second-order valence-corrected chi connectivity index (χ2v) is 5.66. The van der Waals surface area contributed by atoms with Crippen molar-refractivity contribution in [2.45, 2.75) is 0 Å². The molecule has 0 fully saturated rings. The van der Waals surface area contributed by atoms with E-state index in [4.69, 9.17) is 0 Å². The third-order valence-electron chi connectivity index (χ3n) is 4.10. The molecule has 2 aromatic carbocycles. The molecule has 1 aliphatic rings. The molecule has 0 radical (unpaired) electrons. The first-order chi connectivity index (χ1) is 12.1. The van der Waals surface area contributed by atoms with Crippen molar-refractivity contribution in [2.75, 3.05) is 5.32 Å². The first-order valence-electron chi connectivity index (χ1n) is 7.67. The maximum atomic E-state index is 12.4. The maximum absolute atomic E-state index is 12.4. The number of nitro benzene ring substituents is 1. The summed E-state index contributed by atoms with van der Waals surface area (Å²) in [4.78, 5) is 23.1. The average molecular weight is 331 g/mol. The summed E-state index contributed by atoms with van der Waals surface area (Å²) >= 11 is 0. The van der Waals surface area contributed by atoms with E-state index >= 15 is 0 Å². The van der Waals surface area contributed by atoms with E-state index < -0.39 is 4.92 Å². The number of non-ortho nitro benzene ring substituents is 1. The van der Waals surface area contributed by atoms with Gasteiger partial charge in [-0.05, 0) is 29.3 Å². The van der Waals surface area contributed by atoms with Gasteiger partial charge in [0.05, 0.1) is 10.5 Å². The van der Waals surface area contributed by atoms with Crippen LogP contribution >= 0.6 is 0 Å². The average Bonchev–Trinajstić information content (AvgIpc) is 3.23. The van der Waals surface area contributed by atoms with E-state index in [9.17, 15) is 14.9 Å². The zero-order valence-corrected chi connectivity index (χ0v) is 13.0. The number of nitrogens with zero attached hydrogens (tertiary/aromatic N) is 2. The highest BCUT2D eigenvalue weighted by atomic mass is 16.6. The van der Waals surface area contributed by atoms with Crippen molar-refractivity contribution in [1.82, 2.24) is 4.57 Å². The lowest BCUT2D eigenvalue weighted by atomic mass is 9.95. The molecule has 1 aliphatic heterocycles. The molecular formula is C19H13N3O3. The first-order valence-corrected chi connectivity index (χ1v) is 7.67. The Morgan fingerprint density at radius 2 is 1.80 bits per heavy atom. The second kappa shape index (κ2) is 5.76. The van der Waals surface area contributed by atoms with Gasteiger partial charge in [0, 0.05) is 42.0 Å². The minimum Gasteiger partial charge on any atom is -0.330 e. The van der Waals surface area contributed by atoms with Crippen LogP contribution in [0.2, 0.25) is 0 Å². The summed E-state index contributed by atoms with van der Waals surface area (Å²) in [6, 6.07) is 15.7. The number of rotatable bonds is 3. The van der Waals surface area contributed by atoms with Crippen molar-refractivity contribution < 1.29 is 9.72 Å². The van der Waals surface area contributed by atoms with Crippen molar-refractivity contribution in [1.29, 1.82) is 0 Å². The van der Waals surface area contributed by atoms with Gasteiger partial charge in [0.2, 0.25) is 0 Å². The molecule has 0 bridgehead atoms. The Morgan fingerprint density at radius 1 is 1.04 bits per heavy atom. The number of fused-ring (bicyclic) bond motifs is 1. The molecule has 0 aliphatic carbocycles. The summed E-state index contributed by atoms with van der Waals surface area (Å²) in [5.74, 6) is -0.193. The van der Waals surface area contributed by atoms with Crippen LogP contribution in [0.3, 0.4) is 0 Å². The molecule has 1 N–H and O–H groups in total. The lowest BCUT2D eigenvalue weighted by Crippen LogP contribution is -2.04. The lowest BCUT2D eigenvalue weighted by molar-refractivity contribution is -0.384. The van der Waals surface area contributed by atoms with E-state index in [2.05, 4.69) is 5.32 Å². The van der Waals surface area contributed by atoms with Crippen LogP contribution in [0.1, 0.15) is 5.56 Å². The summed E-state index contributed by atoms with van der Waals surface area (Å²) in [7, 11) is 0. The van der Waals surface area contributed by atoms with Gasteiger partial charge < -0.3 is 9.88 Å². The Morgan fingerprint density at radius 3 is 2.56 bits per heavy atom. The van der Waals surface area contributed by atoms with Crippen LogP contribution in [0.5, 0.6) is 0 Å². The van der Waals surface area contributed by atoms with E-state index in [1.165, 1.54) is 12.1 Å². The SMILES string of the molecule is O=C1Nc2cccc(-c3cccc([N+](=O)[O-])c3)c2C1=Cn1cccc1. The fraction of sp³-hybridized carbons (Fsp3) is 0. The number of benzene rings is 2. The predicted octanol–water partition coefficient (Wildman–Crippen LogP) is 4.01. The largest absolute Gasteiger partial charge is 0.330 e. The van der Waals surface area contributed by atoms with Gasteiger partial charge in [-0.25, -0.2) is 0 Å². The Hall–Kier alpha value is -3.67. The number of nitrogens with one attached hydrogen (secondary N) is 1. The van der Waals surface area contributed by atoms with Gasteiger partial charge in [-0.15, -0.1) is 0 Å². The van der Waals surface area contributed by atoms with Crippen LogP contribution in [-0.2, 0) is 4.79 Å². The number of carbonyl (C=O) groups is 1. The first kappa shape index (κ1) is 14.9. The zero-order chi connectivity index (χ0) is 17.4. The highest BCUT2D eigenvalue weighted by molar-refractivity contribution is 6.35. The fourth-order valence-electron chi connectivity index (χ4n) is 2.98. The molecule has 4 rings (SSSR count). The lowest BCUT2D eigenvalue weighted by Gasteiger charge is -2.09. The Balaban J connectivity index is 1.91. The van der Waals surface area contributed by atoms with Crippen molar-refractivity contribution in [3.8, 4) is 11.1 Å². The highest BCUT2D eigenvalue weighted by Crippen LogP contribution is 2.40. The van der Waals surface area contributed by atoms with Gasteiger partial charge in [0.1, 0.15) is 0 Å². The van der Waals surface area contributed by atoms with Crippen molar-refractivity contribution in [3.05, 3.63) is 82.7 Å². The summed E-state index contributed by atoms with van der Waals surface area (Å²) in [5.41, 5.74) is 3.46. The standard InChI is InChI=1S/C19H13N3O3/c23-19-16(12-21-9-1-2-10-21)18-15(7-4-8-17(18)20-19)13-5-3-6-14(11-13)22(24)25/h1-12H,(H,20,23). The van der Waals surface area contributed by atoms with Gasteiger partial charge >= 0.3 is 0 Å². The molecule has 0 spiro atoms. The minimum absolute atomic E-state index is 0.0170. The molecular weight excluding hydrogens is 318 g/mol. The predicted molar refractivity (Wildman–Crippen MR) is 95.8 cm³/mol. The summed E-state index contributed by atoms with van der Waals surface area (Å²) < 4.78 is 1.80. The molecule has 0 saturated carbocycles. The molecule has 0 saturated heterocycles. The monoisotopic (exact) mass is 331 g/mol. The Kier molecular flexibility index (Phi) is 3.43. The van der Waals surface area contributed by atoms with Crippen molar-refractivity contribution in [2.24, 2.45) is 0 Å². The molecule has 0 unspecified atom stereocenters. The fourth-order valence-corrected chi connectivity index (χ4v) is 2.98. The number of amides is 1. The molecule has 3 aromatic rings. The molecule has 2 heterocycles. The maximum Gasteiger partial charge on any atom is 0.270 e. The summed E-state index contributed by atoms with van der Waals surface area (Å²) in [6.07, 6.45) is 5.44. The van der Waals surface area contributed by atoms with Gasteiger partial charge in [-0.2, -0.15) is 0 Å². The smallest absolute Gasteiger partial charge is 0.270 e.